The van der Waals surface area contributed by atoms with Crippen molar-refractivity contribution in [2.45, 2.75) is 25.3 Å². The maximum absolute atomic E-state index is 13.9. The zero-order valence-corrected chi connectivity index (χ0v) is 22.8. The lowest BCUT2D eigenvalue weighted by Crippen LogP contribution is -2.34. The lowest BCUT2D eigenvalue weighted by atomic mass is 10.1. The second-order valence-electron chi connectivity index (χ2n) is 8.84. The second-order valence-corrected chi connectivity index (χ2v) is 11.1. The van der Waals surface area contributed by atoms with Crippen molar-refractivity contribution in [1.29, 1.82) is 0 Å². The maximum Gasteiger partial charge on any atom is 0.264 e. The summed E-state index contributed by atoms with van der Waals surface area (Å²) in [5.74, 6) is 0.205. The number of anilines is 1. The molecular formula is C30H29ClN2O4S. The maximum atomic E-state index is 13.9. The first-order valence-electron chi connectivity index (χ1n) is 12.2. The van der Waals surface area contributed by atoms with Crippen LogP contribution in [0, 0.1) is 13.8 Å². The Balaban J connectivity index is 1.58. The van der Waals surface area contributed by atoms with E-state index in [1.807, 2.05) is 56.3 Å². The van der Waals surface area contributed by atoms with Gasteiger partial charge in [0.25, 0.3) is 15.9 Å². The summed E-state index contributed by atoms with van der Waals surface area (Å²) in [5.41, 5.74) is 3.24. The summed E-state index contributed by atoms with van der Waals surface area (Å²) < 4.78 is 34.7. The number of rotatable bonds is 10. The first kappa shape index (κ1) is 27.2. The van der Waals surface area contributed by atoms with Crippen LogP contribution in [0.15, 0.2) is 102 Å². The number of carbonyl (C=O) groups is 1. The molecular weight excluding hydrogens is 520 g/mol. The summed E-state index contributed by atoms with van der Waals surface area (Å²) in [7, 11) is -3.98. The Kier molecular flexibility index (Phi) is 8.71. The van der Waals surface area contributed by atoms with Gasteiger partial charge in [-0.25, -0.2) is 8.42 Å². The Morgan fingerprint density at radius 1 is 0.895 bits per heavy atom. The van der Waals surface area contributed by atoms with Gasteiger partial charge in [-0.05, 0) is 61.4 Å². The summed E-state index contributed by atoms with van der Waals surface area (Å²) in [6.07, 6.45) is 0. The average Bonchev–Trinajstić information content (AvgIpc) is 2.92. The monoisotopic (exact) mass is 548 g/mol. The fourth-order valence-electron chi connectivity index (χ4n) is 3.86. The van der Waals surface area contributed by atoms with Crippen molar-refractivity contribution in [2.75, 3.05) is 17.5 Å². The lowest BCUT2D eigenvalue weighted by Gasteiger charge is -2.26. The summed E-state index contributed by atoms with van der Waals surface area (Å²) in [5, 5.41) is 3.44. The molecule has 0 atom stereocenters. The highest BCUT2D eigenvalue weighted by atomic mass is 35.5. The molecule has 0 radical (unpaired) electrons. The average molecular weight is 549 g/mol. The van der Waals surface area contributed by atoms with E-state index in [9.17, 15) is 13.2 Å². The zero-order valence-electron chi connectivity index (χ0n) is 21.2. The van der Waals surface area contributed by atoms with Crippen LogP contribution in [0.3, 0.4) is 0 Å². The highest BCUT2D eigenvalue weighted by Gasteiger charge is 2.28. The Morgan fingerprint density at radius 3 is 2.29 bits per heavy atom. The van der Waals surface area contributed by atoms with Gasteiger partial charge in [-0.3, -0.25) is 9.10 Å². The van der Waals surface area contributed by atoms with Crippen LogP contribution in [0.4, 0.5) is 5.69 Å². The molecule has 0 saturated carbocycles. The van der Waals surface area contributed by atoms with E-state index in [0.29, 0.717) is 16.5 Å². The first-order chi connectivity index (χ1) is 18.3. The number of para-hydroxylation sites is 1. The van der Waals surface area contributed by atoms with Gasteiger partial charge in [0.05, 0.1) is 29.2 Å². The lowest BCUT2D eigenvalue weighted by molar-refractivity contribution is 0.0947. The van der Waals surface area contributed by atoms with Gasteiger partial charge in [0.1, 0.15) is 12.4 Å². The SMILES string of the molecule is Cc1ccc(S(=O)(=O)N(Cc2ccccc2)c2ccccc2C(=O)NCCOc2ccc(C)c(Cl)c2)cc1. The molecule has 0 aliphatic heterocycles. The van der Waals surface area contributed by atoms with Crippen molar-refractivity contribution in [1.82, 2.24) is 5.32 Å². The van der Waals surface area contributed by atoms with Crippen LogP contribution < -0.4 is 14.4 Å². The second kappa shape index (κ2) is 12.2. The fraction of sp³-hybridized carbons (Fsp3) is 0.167. The van der Waals surface area contributed by atoms with Crippen molar-refractivity contribution in [3.8, 4) is 5.75 Å². The standard InChI is InChI=1S/C30H29ClN2O4S/c1-22-12-16-26(17-13-22)38(35,36)33(21-24-8-4-3-5-9-24)29-11-7-6-10-27(29)30(34)32-18-19-37-25-15-14-23(2)28(31)20-25/h3-17,20H,18-19,21H2,1-2H3,(H,32,34). The van der Waals surface area contributed by atoms with Crippen LogP contribution in [-0.2, 0) is 16.6 Å². The van der Waals surface area contributed by atoms with Crippen molar-refractivity contribution in [3.63, 3.8) is 0 Å². The molecule has 8 heteroatoms. The highest BCUT2D eigenvalue weighted by molar-refractivity contribution is 7.92. The van der Waals surface area contributed by atoms with Gasteiger partial charge >= 0.3 is 0 Å². The number of sulfonamides is 1. The molecule has 4 rings (SSSR count). The summed E-state index contributed by atoms with van der Waals surface area (Å²) in [6.45, 7) is 4.32. The van der Waals surface area contributed by atoms with Crippen LogP contribution in [0.2, 0.25) is 5.02 Å². The topological polar surface area (TPSA) is 75.7 Å². The van der Waals surface area contributed by atoms with Gasteiger partial charge in [-0.15, -0.1) is 0 Å². The Hall–Kier alpha value is -3.81. The van der Waals surface area contributed by atoms with Crippen LogP contribution in [0.5, 0.6) is 5.75 Å². The molecule has 0 fully saturated rings. The summed E-state index contributed by atoms with van der Waals surface area (Å²) in [6, 6.07) is 28.1. The molecule has 0 bridgehead atoms. The van der Waals surface area contributed by atoms with E-state index in [4.69, 9.17) is 16.3 Å². The third kappa shape index (κ3) is 6.54. The molecule has 0 aliphatic rings. The molecule has 4 aromatic carbocycles. The molecule has 0 saturated heterocycles. The largest absolute Gasteiger partial charge is 0.492 e. The van der Waals surface area contributed by atoms with E-state index >= 15 is 0 Å². The number of hydrogen-bond donors (Lipinski definition) is 1. The van der Waals surface area contributed by atoms with E-state index in [0.717, 1.165) is 16.7 Å². The minimum atomic E-state index is -3.98. The molecule has 0 aliphatic carbocycles. The predicted octanol–water partition coefficient (Wildman–Crippen LogP) is 6.16. The number of aryl methyl sites for hydroxylation is 2. The third-order valence-corrected chi connectivity index (χ3v) is 8.18. The smallest absolute Gasteiger partial charge is 0.264 e. The third-order valence-electron chi connectivity index (χ3n) is 6.00. The van der Waals surface area contributed by atoms with Crippen molar-refractivity contribution in [2.24, 2.45) is 0 Å². The first-order valence-corrected chi connectivity index (χ1v) is 14.0. The molecule has 6 nitrogen and oxygen atoms in total. The van der Waals surface area contributed by atoms with E-state index in [2.05, 4.69) is 5.32 Å². The van der Waals surface area contributed by atoms with Gasteiger partial charge in [0.15, 0.2) is 0 Å². The van der Waals surface area contributed by atoms with Crippen LogP contribution in [0.25, 0.3) is 0 Å². The number of halogens is 1. The normalized spacial score (nSPS) is 11.1. The Morgan fingerprint density at radius 2 is 1.58 bits per heavy atom. The Labute approximate surface area is 228 Å². The van der Waals surface area contributed by atoms with Gasteiger partial charge in [0, 0.05) is 5.02 Å². The Bertz CT molecular complexity index is 1510. The molecule has 0 unspecified atom stereocenters. The van der Waals surface area contributed by atoms with Gasteiger partial charge < -0.3 is 10.1 Å². The minimum Gasteiger partial charge on any atom is -0.492 e. The molecule has 4 aromatic rings. The number of amides is 1. The molecule has 0 heterocycles. The number of hydrogen-bond acceptors (Lipinski definition) is 4. The van der Waals surface area contributed by atoms with Gasteiger partial charge in [-0.1, -0.05) is 77.8 Å². The summed E-state index contributed by atoms with van der Waals surface area (Å²) in [4.78, 5) is 13.4. The number of ether oxygens (including phenoxy) is 1. The van der Waals surface area contributed by atoms with E-state index in [1.165, 1.54) is 4.31 Å². The van der Waals surface area contributed by atoms with Crippen LogP contribution >= 0.6 is 11.6 Å². The molecule has 1 N–H and O–H groups in total. The highest BCUT2D eigenvalue weighted by Crippen LogP contribution is 2.29. The van der Waals surface area contributed by atoms with Gasteiger partial charge in [-0.2, -0.15) is 0 Å². The van der Waals surface area contributed by atoms with Crippen LogP contribution in [0.1, 0.15) is 27.0 Å². The molecule has 0 spiro atoms. The van der Waals surface area contributed by atoms with E-state index < -0.39 is 15.9 Å². The molecule has 0 aromatic heterocycles. The minimum absolute atomic E-state index is 0.0681. The quantitative estimate of drug-likeness (QED) is 0.241. The molecule has 1 amide bonds. The zero-order chi connectivity index (χ0) is 27.1. The molecule has 38 heavy (non-hydrogen) atoms. The predicted molar refractivity (Wildman–Crippen MR) is 151 cm³/mol. The summed E-state index contributed by atoms with van der Waals surface area (Å²) >= 11 is 6.15. The van der Waals surface area contributed by atoms with E-state index in [1.54, 1.807) is 54.6 Å². The van der Waals surface area contributed by atoms with Crippen molar-refractivity contribution < 1.29 is 17.9 Å². The molecule has 196 valence electrons. The number of carbonyl (C=O) groups excluding carboxylic acids is 1. The van der Waals surface area contributed by atoms with Crippen molar-refractivity contribution in [3.05, 3.63) is 124 Å². The van der Waals surface area contributed by atoms with Crippen molar-refractivity contribution >= 4 is 33.2 Å². The van der Waals surface area contributed by atoms with E-state index in [-0.39, 0.29) is 30.2 Å². The number of benzene rings is 4. The number of nitrogens with one attached hydrogen (secondary N) is 1. The number of nitrogens with zero attached hydrogens (tertiary/aromatic N) is 1. The van der Waals surface area contributed by atoms with Crippen LogP contribution in [-0.4, -0.2) is 27.5 Å². The van der Waals surface area contributed by atoms with Gasteiger partial charge in [0.2, 0.25) is 0 Å². The fourth-order valence-corrected chi connectivity index (χ4v) is 5.50.